The van der Waals surface area contributed by atoms with Crippen molar-refractivity contribution in [3.8, 4) is 0 Å². The minimum Gasteiger partial charge on any atom is -0.392 e. The Labute approximate surface area is 119 Å². The summed E-state index contributed by atoms with van der Waals surface area (Å²) in [5, 5.41) is 9.89. The zero-order chi connectivity index (χ0) is 14.6. The van der Waals surface area contributed by atoms with Crippen molar-refractivity contribution in [3.05, 3.63) is 29.8 Å². The molecule has 0 saturated heterocycles. The molecule has 0 aliphatic heterocycles. The first-order valence-corrected chi connectivity index (χ1v) is 7.98. The SMILES string of the molecule is CC(C)[C@H](O)C[S@](=O)c1ccccc1[C@@H](C)N(C)C. The van der Waals surface area contributed by atoms with Crippen molar-refractivity contribution in [2.45, 2.75) is 37.8 Å². The van der Waals surface area contributed by atoms with Gasteiger partial charge in [0.05, 0.1) is 22.7 Å². The molecule has 0 saturated carbocycles. The molecule has 0 bridgehead atoms. The van der Waals surface area contributed by atoms with Crippen LogP contribution in [0.25, 0.3) is 0 Å². The average Bonchev–Trinajstić information content (AvgIpc) is 2.37. The summed E-state index contributed by atoms with van der Waals surface area (Å²) in [5.41, 5.74) is 1.07. The first-order valence-electron chi connectivity index (χ1n) is 6.66. The Hall–Kier alpha value is -0.710. The largest absolute Gasteiger partial charge is 0.392 e. The number of hydrogen-bond donors (Lipinski definition) is 1. The van der Waals surface area contributed by atoms with Crippen molar-refractivity contribution in [2.75, 3.05) is 19.8 Å². The maximum absolute atomic E-state index is 12.4. The molecule has 0 heterocycles. The third kappa shape index (κ3) is 4.41. The van der Waals surface area contributed by atoms with Crippen molar-refractivity contribution in [2.24, 2.45) is 5.92 Å². The summed E-state index contributed by atoms with van der Waals surface area (Å²) in [7, 11) is 2.86. The minimum absolute atomic E-state index is 0.127. The average molecular weight is 283 g/mol. The maximum Gasteiger partial charge on any atom is 0.0681 e. The van der Waals surface area contributed by atoms with Gasteiger partial charge in [-0.25, -0.2) is 0 Å². The first kappa shape index (κ1) is 16.3. The van der Waals surface area contributed by atoms with E-state index in [1.807, 2.05) is 52.2 Å². The Morgan fingerprint density at radius 3 is 2.32 bits per heavy atom. The fraction of sp³-hybridized carbons (Fsp3) is 0.600. The van der Waals surface area contributed by atoms with Crippen LogP contribution >= 0.6 is 0 Å². The second-order valence-electron chi connectivity index (χ2n) is 5.50. The molecular formula is C15H25NO2S. The van der Waals surface area contributed by atoms with Gasteiger partial charge in [0.2, 0.25) is 0 Å². The molecule has 0 spiro atoms. The van der Waals surface area contributed by atoms with E-state index in [-0.39, 0.29) is 12.0 Å². The molecule has 3 nitrogen and oxygen atoms in total. The van der Waals surface area contributed by atoms with Crippen LogP contribution in [-0.4, -0.2) is 40.2 Å². The fourth-order valence-electron chi connectivity index (χ4n) is 1.75. The van der Waals surface area contributed by atoms with Crippen LogP contribution in [0.1, 0.15) is 32.4 Å². The maximum atomic E-state index is 12.4. The molecule has 0 radical (unpaired) electrons. The van der Waals surface area contributed by atoms with Gasteiger partial charge in [-0.15, -0.1) is 0 Å². The summed E-state index contributed by atoms with van der Waals surface area (Å²) >= 11 is 0. The molecule has 0 aliphatic rings. The predicted molar refractivity (Wildman–Crippen MR) is 80.7 cm³/mol. The quantitative estimate of drug-likeness (QED) is 0.872. The third-order valence-corrected chi connectivity index (χ3v) is 4.99. The standard InChI is InChI=1S/C15H25NO2S/c1-11(2)14(17)10-19(18)15-9-7-6-8-13(15)12(3)16(4)5/h6-9,11-12,14,17H,10H2,1-5H3/t12-,14-,19+/m1/s1. The summed E-state index contributed by atoms with van der Waals surface area (Å²) in [6.45, 7) is 5.97. The lowest BCUT2D eigenvalue weighted by molar-refractivity contribution is 0.148. The van der Waals surface area contributed by atoms with Gasteiger partial charge in [-0.1, -0.05) is 32.0 Å². The van der Waals surface area contributed by atoms with Crippen LogP contribution in [0.5, 0.6) is 0 Å². The molecule has 1 rings (SSSR count). The number of aliphatic hydroxyl groups is 1. The predicted octanol–water partition coefficient (Wildman–Crippen LogP) is 2.43. The van der Waals surface area contributed by atoms with E-state index < -0.39 is 16.9 Å². The van der Waals surface area contributed by atoms with Crippen LogP contribution in [0, 0.1) is 5.92 Å². The minimum atomic E-state index is -1.16. The molecule has 1 aromatic rings. The molecule has 1 N–H and O–H groups in total. The number of aliphatic hydroxyl groups excluding tert-OH is 1. The van der Waals surface area contributed by atoms with E-state index in [2.05, 4.69) is 11.8 Å². The van der Waals surface area contributed by atoms with Crippen LogP contribution in [-0.2, 0) is 10.8 Å². The topological polar surface area (TPSA) is 40.5 Å². The smallest absolute Gasteiger partial charge is 0.0681 e. The van der Waals surface area contributed by atoms with Crippen LogP contribution in [0.3, 0.4) is 0 Å². The van der Waals surface area contributed by atoms with Crippen molar-refractivity contribution in [3.63, 3.8) is 0 Å². The molecule has 0 amide bonds. The Bertz CT molecular complexity index is 432. The number of nitrogens with zero attached hydrogens (tertiary/aromatic N) is 1. The van der Waals surface area contributed by atoms with E-state index >= 15 is 0 Å². The number of benzene rings is 1. The zero-order valence-electron chi connectivity index (χ0n) is 12.5. The normalized spacial score (nSPS) is 16.6. The van der Waals surface area contributed by atoms with Crippen molar-refractivity contribution < 1.29 is 9.32 Å². The highest BCUT2D eigenvalue weighted by atomic mass is 32.2. The number of hydrogen-bond acceptors (Lipinski definition) is 3. The lowest BCUT2D eigenvalue weighted by Crippen LogP contribution is -2.24. The highest BCUT2D eigenvalue weighted by molar-refractivity contribution is 7.85. The summed E-state index contributed by atoms with van der Waals surface area (Å²) in [6.07, 6.45) is -0.524. The van der Waals surface area contributed by atoms with E-state index in [9.17, 15) is 9.32 Å². The van der Waals surface area contributed by atoms with Crippen molar-refractivity contribution in [1.82, 2.24) is 4.90 Å². The lowest BCUT2D eigenvalue weighted by Gasteiger charge is -2.23. The number of rotatable bonds is 6. The Balaban J connectivity index is 2.97. The molecular weight excluding hydrogens is 258 g/mol. The van der Waals surface area contributed by atoms with Gasteiger partial charge in [0.15, 0.2) is 0 Å². The lowest BCUT2D eigenvalue weighted by atomic mass is 10.1. The fourth-order valence-corrected chi connectivity index (χ4v) is 3.35. The second-order valence-corrected chi connectivity index (χ2v) is 6.97. The molecule has 19 heavy (non-hydrogen) atoms. The molecule has 0 unspecified atom stereocenters. The first-order chi connectivity index (χ1) is 8.84. The molecule has 4 heteroatoms. The monoisotopic (exact) mass is 283 g/mol. The van der Waals surface area contributed by atoms with Gasteiger partial charge in [-0.3, -0.25) is 4.21 Å². The van der Waals surface area contributed by atoms with Gasteiger partial charge in [0, 0.05) is 10.9 Å². The van der Waals surface area contributed by atoms with Crippen LogP contribution in [0.4, 0.5) is 0 Å². The van der Waals surface area contributed by atoms with Crippen molar-refractivity contribution >= 4 is 10.8 Å². The van der Waals surface area contributed by atoms with Gasteiger partial charge in [0.25, 0.3) is 0 Å². The highest BCUT2D eigenvalue weighted by Crippen LogP contribution is 2.25. The van der Waals surface area contributed by atoms with Gasteiger partial charge >= 0.3 is 0 Å². The highest BCUT2D eigenvalue weighted by Gasteiger charge is 2.19. The van der Waals surface area contributed by atoms with Gasteiger partial charge in [-0.2, -0.15) is 0 Å². The van der Waals surface area contributed by atoms with Crippen molar-refractivity contribution in [1.29, 1.82) is 0 Å². The summed E-state index contributed by atoms with van der Waals surface area (Å²) in [4.78, 5) is 2.93. The van der Waals surface area contributed by atoms with E-state index in [4.69, 9.17) is 0 Å². The summed E-state index contributed by atoms with van der Waals surface area (Å²) in [5.74, 6) is 0.428. The Kier molecular flexibility index (Phi) is 6.17. The van der Waals surface area contributed by atoms with Crippen LogP contribution in [0.15, 0.2) is 29.2 Å². The van der Waals surface area contributed by atoms with Gasteiger partial charge in [-0.05, 0) is 38.6 Å². The molecule has 108 valence electrons. The van der Waals surface area contributed by atoms with E-state index in [0.29, 0.717) is 5.75 Å². The molecule has 0 fully saturated rings. The molecule has 1 aromatic carbocycles. The molecule has 3 atom stereocenters. The van der Waals surface area contributed by atoms with E-state index in [1.165, 1.54) is 0 Å². The Morgan fingerprint density at radius 1 is 1.21 bits per heavy atom. The Morgan fingerprint density at radius 2 is 1.79 bits per heavy atom. The summed E-state index contributed by atoms with van der Waals surface area (Å²) < 4.78 is 12.4. The van der Waals surface area contributed by atoms with Crippen LogP contribution < -0.4 is 0 Å². The summed E-state index contributed by atoms with van der Waals surface area (Å²) in [6, 6.07) is 7.99. The molecule has 0 aromatic heterocycles. The van der Waals surface area contributed by atoms with Crippen LogP contribution in [0.2, 0.25) is 0 Å². The molecule has 0 aliphatic carbocycles. The van der Waals surface area contributed by atoms with Gasteiger partial charge in [0.1, 0.15) is 0 Å². The zero-order valence-corrected chi connectivity index (χ0v) is 13.3. The second kappa shape index (κ2) is 7.17. The third-order valence-electron chi connectivity index (χ3n) is 3.48. The van der Waals surface area contributed by atoms with E-state index in [0.717, 1.165) is 10.5 Å². The van der Waals surface area contributed by atoms with E-state index in [1.54, 1.807) is 0 Å². The van der Waals surface area contributed by atoms with Gasteiger partial charge < -0.3 is 10.0 Å².